The molecule has 0 saturated heterocycles. The number of para-hydroxylation sites is 2. The Morgan fingerprint density at radius 3 is 3.10 bits per heavy atom. The zero-order valence-electron chi connectivity index (χ0n) is 12.4. The summed E-state index contributed by atoms with van der Waals surface area (Å²) in [6.45, 7) is 8.62. The molecule has 0 unspecified atom stereocenters. The predicted molar refractivity (Wildman–Crippen MR) is 82.7 cm³/mol. The van der Waals surface area contributed by atoms with Crippen LogP contribution in [0, 0.1) is 0 Å². The number of rotatable bonds is 8. The fraction of sp³-hybridized carbons (Fsp3) is 0.625. The number of nitrogens with one attached hydrogen (secondary N) is 1. The van der Waals surface area contributed by atoms with E-state index in [2.05, 4.69) is 28.4 Å². The Morgan fingerprint density at radius 2 is 2.20 bits per heavy atom. The van der Waals surface area contributed by atoms with E-state index in [1.54, 1.807) is 0 Å². The van der Waals surface area contributed by atoms with Crippen LogP contribution in [-0.2, 0) is 4.74 Å². The summed E-state index contributed by atoms with van der Waals surface area (Å²) in [6.07, 6.45) is 2.16. The number of hydrogen-bond donors (Lipinski definition) is 1. The SMILES string of the molecule is CCOCCCNCCN1CCCOc2ccccc21. The Balaban J connectivity index is 1.72. The minimum absolute atomic E-state index is 0.810. The van der Waals surface area contributed by atoms with E-state index in [4.69, 9.17) is 9.47 Å². The number of ether oxygens (including phenoxy) is 2. The smallest absolute Gasteiger partial charge is 0.142 e. The van der Waals surface area contributed by atoms with Gasteiger partial charge in [-0.2, -0.15) is 0 Å². The highest BCUT2D eigenvalue weighted by molar-refractivity contribution is 5.58. The highest BCUT2D eigenvalue weighted by atomic mass is 16.5. The zero-order valence-corrected chi connectivity index (χ0v) is 12.4. The van der Waals surface area contributed by atoms with E-state index in [0.717, 1.165) is 64.6 Å². The van der Waals surface area contributed by atoms with Crippen molar-refractivity contribution in [2.24, 2.45) is 0 Å². The van der Waals surface area contributed by atoms with Gasteiger partial charge in [0, 0.05) is 32.8 Å². The van der Waals surface area contributed by atoms with Crippen LogP contribution in [0.2, 0.25) is 0 Å². The normalized spacial score (nSPS) is 14.6. The topological polar surface area (TPSA) is 33.7 Å². The van der Waals surface area contributed by atoms with Gasteiger partial charge in [-0.25, -0.2) is 0 Å². The summed E-state index contributed by atoms with van der Waals surface area (Å²) in [5.74, 6) is 1.02. The summed E-state index contributed by atoms with van der Waals surface area (Å²) in [6, 6.07) is 8.32. The van der Waals surface area contributed by atoms with Crippen LogP contribution < -0.4 is 15.0 Å². The molecule has 1 aromatic carbocycles. The number of nitrogens with zero attached hydrogens (tertiary/aromatic N) is 1. The molecular formula is C16H26N2O2. The molecule has 20 heavy (non-hydrogen) atoms. The summed E-state index contributed by atoms with van der Waals surface area (Å²) in [7, 11) is 0. The molecule has 4 heteroatoms. The third-order valence-corrected chi connectivity index (χ3v) is 3.44. The zero-order chi connectivity index (χ0) is 14.0. The molecule has 0 aliphatic carbocycles. The van der Waals surface area contributed by atoms with Crippen molar-refractivity contribution in [1.82, 2.24) is 5.32 Å². The summed E-state index contributed by atoms with van der Waals surface area (Å²) in [5.41, 5.74) is 1.22. The first-order valence-corrected chi connectivity index (χ1v) is 7.67. The van der Waals surface area contributed by atoms with Crippen molar-refractivity contribution in [3.63, 3.8) is 0 Å². The van der Waals surface area contributed by atoms with Gasteiger partial charge in [0.25, 0.3) is 0 Å². The molecule has 1 aliphatic heterocycles. The number of anilines is 1. The van der Waals surface area contributed by atoms with E-state index >= 15 is 0 Å². The van der Waals surface area contributed by atoms with Crippen molar-refractivity contribution in [2.75, 3.05) is 50.9 Å². The molecule has 1 heterocycles. The van der Waals surface area contributed by atoms with Crippen LogP contribution in [0.15, 0.2) is 24.3 Å². The van der Waals surface area contributed by atoms with Crippen molar-refractivity contribution in [2.45, 2.75) is 19.8 Å². The van der Waals surface area contributed by atoms with Gasteiger partial charge in [0.2, 0.25) is 0 Å². The third-order valence-electron chi connectivity index (χ3n) is 3.44. The van der Waals surface area contributed by atoms with Gasteiger partial charge < -0.3 is 19.7 Å². The van der Waals surface area contributed by atoms with Gasteiger partial charge in [-0.15, -0.1) is 0 Å². The van der Waals surface area contributed by atoms with Crippen LogP contribution in [0.3, 0.4) is 0 Å². The average Bonchev–Trinajstić information content (AvgIpc) is 2.69. The van der Waals surface area contributed by atoms with Crippen LogP contribution in [0.5, 0.6) is 5.75 Å². The molecule has 0 fully saturated rings. The van der Waals surface area contributed by atoms with Gasteiger partial charge in [-0.05, 0) is 38.4 Å². The van der Waals surface area contributed by atoms with Crippen LogP contribution in [0.4, 0.5) is 5.69 Å². The van der Waals surface area contributed by atoms with E-state index in [9.17, 15) is 0 Å². The second-order valence-corrected chi connectivity index (χ2v) is 4.96. The molecule has 1 N–H and O–H groups in total. The van der Waals surface area contributed by atoms with Crippen LogP contribution in [-0.4, -0.2) is 46.0 Å². The first kappa shape index (κ1) is 15.1. The van der Waals surface area contributed by atoms with Crippen molar-refractivity contribution in [1.29, 1.82) is 0 Å². The number of benzene rings is 1. The van der Waals surface area contributed by atoms with Gasteiger partial charge in [0.15, 0.2) is 0 Å². The molecule has 4 nitrogen and oxygen atoms in total. The van der Waals surface area contributed by atoms with Crippen LogP contribution >= 0.6 is 0 Å². The molecule has 0 bridgehead atoms. The van der Waals surface area contributed by atoms with Crippen LogP contribution in [0.1, 0.15) is 19.8 Å². The van der Waals surface area contributed by atoms with E-state index in [1.807, 2.05) is 13.0 Å². The largest absolute Gasteiger partial charge is 0.491 e. The average molecular weight is 278 g/mol. The van der Waals surface area contributed by atoms with Crippen LogP contribution in [0.25, 0.3) is 0 Å². The van der Waals surface area contributed by atoms with Gasteiger partial charge in [0.1, 0.15) is 5.75 Å². The fourth-order valence-electron chi connectivity index (χ4n) is 2.41. The standard InChI is InChI=1S/C16H26N2O2/c1-2-19-13-5-9-17-10-12-18-11-6-14-20-16-8-4-3-7-15(16)18/h3-4,7-8,17H,2,5-6,9-14H2,1H3. The summed E-state index contributed by atoms with van der Waals surface area (Å²) < 4.78 is 11.1. The fourth-order valence-corrected chi connectivity index (χ4v) is 2.41. The minimum Gasteiger partial charge on any atom is -0.491 e. The molecule has 0 atom stereocenters. The molecule has 1 aromatic rings. The van der Waals surface area contributed by atoms with E-state index < -0.39 is 0 Å². The Kier molecular flexibility index (Phi) is 6.68. The maximum atomic E-state index is 5.77. The second-order valence-electron chi connectivity index (χ2n) is 4.96. The summed E-state index contributed by atoms with van der Waals surface area (Å²) in [4.78, 5) is 2.41. The molecule has 0 spiro atoms. The lowest BCUT2D eigenvalue weighted by molar-refractivity contribution is 0.145. The number of fused-ring (bicyclic) bond motifs is 1. The van der Waals surface area contributed by atoms with Gasteiger partial charge >= 0.3 is 0 Å². The highest BCUT2D eigenvalue weighted by Crippen LogP contribution is 2.29. The first-order valence-electron chi connectivity index (χ1n) is 7.67. The van der Waals surface area contributed by atoms with Crippen molar-refractivity contribution in [3.8, 4) is 5.75 Å². The highest BCUT2D eigenvalue weighted by Gasteiger charge is 2.14. The summed E-state index contributed by atoms with van der Waals surface area (Å²) in [5, 5.41) is 3.48. The molecule has 0 aromatic heterocycles. The lowest BCUT2D eigenvalue weighted by atomic mass is 10.2. The van der Waals surface area contributed by atoms with Crippen molar-refractivity contribution >= 4 is 5.69 Å². The monoisotopic (exact) mass is 278 g/mol. The van der Waals surface area contributed by atoms with Crippen molar-refractivity contribution < 1.29 is 9.47 Å². The predicted octanol–water partition coefficient (Wildman–Crippen LogP) is 2.29. The van der Waals surface area contributed by atoms with E-state index in [1.165, 1.54) is 5.69 Å². The van der Waals surface area contributed by atoms with Gasteiger partial charge in [-0.1, -0.05) is 12.1 Å². The van der Waals surface area contributed by atoms with Crippen molar-refractivity contribution in [3.05, 3.63) is 24.3 Å². The van der Waals surface area contributed by atoms with Gasteiger partial charge in [0.05, 0.1) is 12.3 Å². The number of hydrogen-bond acceptors (Lipinski definition) is 4. The minimum atomic E-state index is 0.810. The Bertz CT molecular complexity index is 384. The maximum absolute atomic E-state index is 5.77. The molecule has 2 rings (SSSR count). The lowest BCUT2D eigenvalue weighted by Crippen LogP contribution is -2.33. The maximum Gasteiger partial charge on any atom is 0.142 e. The Hall–Kier alpha value is -1.26. The first-order chi connectivity index (χ1) is 9.92. The van der Waals surface area contributed by atoms with E-state index in [-0.39, 0.29) is 0 Å². The lowest BCUT2D eigenvalue weighted by Gasteiger charge is -2.23. The second kappa shape index (κ2) is 8.82. The molecule has 112 valence electrons. The Morgan fingerprint density at radius 1 is 1.30 bits per heavy atom. The molecule has 0 amide bonds. The van der Waals surface area contributed by atoms with Gasteiger partial charge in [-0.3, -0.25) is 0 Å². The molecular weight excluding hydrogens is 252 g/mol. The molecule has 0 saturated carbocycles. The molecule has 1 aliphatic rings. The summed E-state index contributed by atoms with van der Waals surface area (Å²) >= 11 is 0. The third kappa shape index (κ3) is 4.69. The molecule has 0 radical (unpaired) electrons. The van der Waals surface area contributed by atoms with E-state index in [0.29, 0.717) is 0 Å². The quantitative estimate of drug-likeness (QED) is 0.740. The Labute approximate surface area is 122 Å².